The molecule has 0 bridgehead atoms. The normalized spacial score (nSPS) is 19.8. The van der Waals surface area contributed by atoms with E-state index in [1.54, 1.807) is 6.20 Å². The Morgan fingerprint density at radius 2 is 1.93 bits per heavy atom. The molecule has 1 aliphatic carbocycles. The maximum absolute atomic E-state index is 13.0. The van der Waals surface area contributed by atoms with Crippen LogP contribution in [0.15, 0.2) is 11.6 Å². The zero-order chi connectivity index (χ0) is 19.8. The third-order valence-electron chi connectivity index (χ3n) is 5.95. The van der Waals surface area contributed by atoms with E-state index in [1.165, 1.54) is 17.8 Å². The summed E-state index contributed by atoms with van der Waals surface area (Å²) in [6.45, 7) is 4.17. The van der Waals surface area contributed by atoms with Crippen LogP contribution in [0.4, 0.5) is 5.13 Å². The molecule has 2 fully saturated rings. The van der Waals surface area contributed by atoms with Gasteiger partial charge in [-0.3, -0.25) is 14.5 Å². The summed E-state index contributed by atoms with van der Waals surface area (Å²) in [5.41, 5.74) is -0.211. The molecule has 1 saturated heterocycles. The van der Waals surface area contributed by atoms with Gasteiger partial charge in [-0.15, -0.1) is 23.7 Å². The first kappa shape index (κ1) is 20.8. The van der Waals surface area contributed by atoms with Gasteiger partial charge in [-0.25, -0.2) is 4.98 Å². The van der Waals surface area contributed by atoms with Crippen LogP contribution >= 0.6 is 11.3 Å². The fourth-order valence-corrected chi connectivity index (χ4v) is 4.93. The predicted octanol–water partition coefficient (Wildman–Crippen LogP) is 2.98. The first-order valence-electron chi connectivity index (χ1n) is 10.2. The van der Waals surface area contributed by atoms with E-state index < -0.39 is 0 Å². The molecule has 2 heterocycles. The van der Waals surface area contributed by atoms with Gasteiger partial charge < -0.3 is 10.2 Å². The highest BCUT2D eigenvalue weighted by atomic mass is 32.1. The van der Waals surface area contributed by atoms with Crippen LogP contribution in [0.2, 0.25) is 0 Å². The Hall–Kier alpha value is -1.91. The fourth-order valence-electron chi connectivity index (χ4n) is 4.38. The highest BCUT2D eigenvalue weighted by Gasteiger charge is 2.38. The number of carbonyl (C=O) groups is 2. The summed E-state index contributed by atoms with van der Waals surface area (Å²) in [4.78, 5) is 34.0. The smallest absolute Gasteiger partial charge is 0.226 e. The van der Waals surface area contributed by atoms with Crippen molar-refractivity contribution in [2.75, 3.05) is 38.0 Å². The van der Waals surface area contributed by atoms with Crippen molar-refractivity contribution in [3.05, 3.63) is 11.6 Å². The number of aromatic nitrogens is 1. The third-order valence-corrected chi connectivity index (χ3v) is 6.64. The number of nitrogens with one attached hydrogen (secondary N) is 1. The van der Waals surface area contributed by atoms with Gasteiger partial charge in [0.05, 0.1) is 0 Å². The molecule has 1 aromatic rings. The van der Waals surface area contributed by atoms with Crippen molar-refractivity contribution in [2.45, 2.75) is 51.4 Å². The summed E-state index contributed by atoms with van der Waals surface area (Å²) in [7, 11) is 0. The predicted molar refractivity (Wildman–Crippen MR) is 112 cm³/mol. The maximum atomic E-state index is 13.0. The lowest BCUT2D eigenvalue weighted by Gasteiger charge is -2.40. The zero-order valence-electron chi connectivity index (χ0n) is 16.5. The second-order valence-electron chi connectivity index (χ2n) is 7.98. The Kier molecular flexibility index (Phi) is 7.46. The number of hydrogen-bond donors (Lipinski definition) is 1. The fraction of sp³-hybridized carbons (Fsp3) is 0.667. The molecule has 2 amide bonds. The van der Waals surface area contributed by atoms with E-state index >= 15 is 0 Å². The van der Waals surface area contributed by atoms with Gasteiger partial charge in [0.25, 0.3) is 0 Å². The first-order valence-corrected chi connectivity index (χ1v) is 11.1. The summed E-state index contributed by atoms with van der Waals surface area (Å²) in [6.07, 6.45) is 13.9. The van der Waals surface area contributed by atoms with Crippen molar-refractivity contribution in [2.24, 2.45) is 5.41 Å². The molecule has 0 atom stereocenters. The number of piperazine rings is 1. The second-order valence-corrected chi connectivity index (χ2v) is 8.87. The summed E-state index contributed by atoms with van der Waals surface area (Å²) < 4.78 is 0. The highest BCUT2D eigenvalue weighted by molar-refractivity contribution is 7.13. The van der Waals surface area contributed by atoms with Gasteiger partial charge >= 0.3 is 0 Å². The third kappa shape index (κ3) is 5.79. The number of nitrogens with zero attached hydrogens (tertiary/aromatic N) is 3. The average molecular weight is 403 g/mol. The van der Waals surface area contributed by atoms with Gasteiger partial charge in [-0.1, -0.05) is 19.3 Å². The summed E-state index contributed by atoms with van der Waals surface area (Å²) >= 11 is 1.42. The van der Waals surface area contributed by atoms with E-state index in [0.29, 0.717) is 18.0 Å². The van der Waals surface area contributed by atoms with Gasteiger partial charge in [-0.2, -0.15) is 0 Å². The van der Waals surface area contributed by atoms with Gasteiger partial charge in [0, 0.05) is 63.6 Å². The van der Waals surface area contributed by atoms with Crippen molar-refractivity contribution in [3.8, 4) is 12.3 Å². The Morgan fingerprint density at radius 3 is 2.57 bits per heavy atom. The van der Waals surface area contributed by atoms with Crippen molar-refractivity contribution in [1.82, 2.24) is 14.8 Å². The molecule has 0 unspecified atom stereocenters. The van der Waals surface area contributed by atoms with Crippen LogP contribution in [0.5, 0.6) is 0 Å². The molecule has 6 nitrogen and oxygen atoms in total. The first-order chi connectivity index (χ1) is 13.6. The van der Waals surface area contributed by atoms with E-state index in [2.05, 4.69) is 21.1 Å². The van der Waals surface area contributed by atoms with E-state index in [-0.39, 0.29) is 17.2 Å². The van der Waals surface area contributed by atoms with Crippen LogP contribution in [0.1, 0.15) is 51.4 Å². The van der Waals surface area contributed by atoms with Crippen molar-refractivity contribution >= 4 is 28.3 Å². The number of carbonyl (C=O) groups excluding carboxylic acids is 2. The molecule has 28 heavy (non-hydrogen) atoms. The van der Waals surface area contributed by atoms with Crippen LogP contribution in [0.3, 0.4) is 0 Å². The van der Waals surface area contributed by atoms with E-state index in [4.69, 9.17) is 6.42 Å². The SMILES string of the molecule is C#CCCN1CCN(C(=O)CC2(CC(=O)Nc3nccs3)CCCCC2)CC1. The summed E-state index contributed by atoms with van der Waals surface area (Å²) in [5, 5.41) is 5.37. The van der Waals surface area contributed by atoms with E-state index in [9.17, 15) is 9.59 Å². The molecule has 1 N–H and O–H groups in total. The lowest BCUT2D eigenvalue weighted by Crippen LogP contribution is -2.50. The second kappa shape index (κ2) is 10.0. The zero-order valence-corrected chi connectivity index (χ0v) is 17.3. The van der Waals surface area contributed by atoms with Crippen LogP contribution in [0.25, 0.3) is 0 Å². The Bertz CT molecular complexity index is 684. The van der Waals surface area contributed by atoms with Gasteiger partial charge in [-0.05, 0) is 18.3 Å². The molecular formula is C21H30N4O2S. The Morgan fingerprint density at radius 1 is 1.18 bits per heavy atom. The topological polar surface area (TPSA) is 65.5 Å². The number of rotatable bonds is 7. The minimum atomic E-state index is -0.211. The molecule has 0 radical (unpaired) electrons. The van der Waals surface area contributed by atoms with Gasteiger partial charge in [0.15, 0.2) is 5.13 Å². The van der Waals surface area contributed by atoms with Crippen molar-refractivity contribution in [3.63, 3.8) is 0 Å². The van der Waals surface area contributed by atoms with Crippen LogP contribution in [-0.4, -0.2) is 59.3 Å². The van der Waals surface area contributed by atoms with Crippen LogP contribution < -0.4 is 5.32 Å². The molecule has 0 aromatic carbocycles. The minimum absolute atomic E-state index is 0.0243. The van der Waals surface area contributed by atoms with Crippen molar-refractivity contribution < 1.29 is 9.59 Å². The molecule has 1 aliphatic heterocycles. The average Bonchev–Trinajstić information content (AvgIpc) is 3.20. The quantitative estimate of drug-likeness (QED) is 0.712. The lowest BCUT2D eigenvalue weighted by molar-refractivity contribution is -0.136. The van der Waals surface area contributed by atoms with Gasteiger partial charge in [0.1, 0.15) is 0 Å². The molecule has 152 valence electrons. The molecule has 1 saturated carbocycles. The van der Waals surface area contributed by atoms with Gasteiger partial charge in [0.2, 0.25) is 11.8 Å². The molecule has 3 rings (SSSR count). The Labute approximate surface area is 171 Å². The van der Waals surface area contributed by atoms with Crippen LogP contribution in [-0.2, 0) is 9.59 Å². The van der Waals surface area contributed by atoms with Crippen LogP contribution in [0, 0.1) is 17.8 Å². The molecule has 7 heteroatoms. The Balaban J connectivity index is 1.55. The van der Waals surface area contributed by atoms with E-state index in [0.717, 1.165) is 64.8 Å². The maximum Gasteiger partial charge on any atom is 0.226 e. The number of terminal acetylenes is 1. The summed E-state index contributed by atoms with van der Waals surface area (Å²) in [5.74, 6) is 2.85. The largest absolute Gasteiger partial charge is 0.340 e. The standard InChI is InChI=1S/C21H30N4O2S/c1-2-3-10-24-11-13-25(14-12-24)19(27)17-21(7-5-4-6-8-21)16-18(26)23-20-22-9-15-28-20/h1,9,15H,3-8,10-14,16-17H2,(H,22,23,26). The summed E-state index contributed by atoms with van der Waals surface area (Å²) in [6, 6.07) is 0. The molecule has 1 aromatic heterocycles. The molecular weight excluding hydrogens is 372 g/mol. The number of amides is 2. The monoisotopic (exact) mass is 402 g/mol. The number of anilines is 1. The van der Waals surface area contributed by atoms with Crippen molar-refractivity contribution in [1.29, 1.82) is 0 Å². The lowest BCUT2D eigenvalue weighted by atomic mass is 9.69. The molecule has 2 aliphatic rings. The molecule has 0 spiro atoms. The number of thiazole rings is 1. The highest BCUT2D eigenvalue weighted by Crippen LogP contribution is 2.43. The number of hydrogen-bond acceptors (Lipinski definition) is 5. The van der Waals surface area contributed by atoms with E-state index in [1.807, 2.05) is 10.3 Å². The minimum Gasteiger partial charge on any atom is -0.340 e.